The number of hydrogen-bond donors (Lipinski definition) is 4. The number of nitrogens with zero attached hydrogens (tertiary/aromatic N) is 2. The van der Waals surface area contributed by atoms with Crippen LogP contribution in [0.1, 0.15) is 25.7 Å². The Morgan fingerprint density at radius 3 is 1.60 bits per heavy atom. The van der Waals surface area contributed by atoms with Crippen molar-refractivity contribution < 1.29 is 0 Å². The van der Waals surface area contributed by atoms with Crippen molar-refractivity contribution in [2.24, 2.45) is 10.2 Å². The molecule has 0 heterocycles. The van der Waals surface area contributed by atoms with Crippen LogP contribution in [0.4, 0.5) is 11.4 Å². The summed E-state index contributed by atoms with van der Waals surface area (Å²) in [5.74, 6) is 0. The molecule has 6 nitrogen and oxygen atoms in total. The van der Waals surface area contributed by atoms with E-state index in [1.807, 2.05) is 36.4 Å². The van der Waals surface area contributed by atoms with E-state index in [9.17, 15) is 0 Å². The highest BCUT2D eigenvalue weighted by atomic mass is 35.5. The Morgan fingerprint density at radius 1 is 0.733 bits per heavy atom. The Bertz CT molecular complexity index is 915. The number of hydrazone groups is 2. The molecular formula is C20H20Cl2N6S2. The Kier molecular flexibility index (Phi) is 8.39. The normalized spacial score (nSPS) is 16.2. The maximum Gasteiger partial charge on any atom is 0.191 e. The van der Waals surface area contributed by atoms with E-state index in [-0.39, 0.29) is 0 Å². The van der Waals surface area contributed by atoms with E-state index < -0.39 is 0 Å². The third-order valence-electron chi connectivity index (χ3n) is 4.21. The van der Waals surface area contributed by atoms with Crippen LogP contribution in [0.25, 0.3) is 0 Å². The zero-order valence-corrected chi connectivity index (χ0v) is 19.1. The summed E-state index contributed by atoms with van der Waals surface area (Å²) in [6.07, 6.45) is 3.35. The minimum atomic E-state index is 0.378. The van der Waals surface area contributed by atoms with E-state index in [1.165, 1.54) is 0 Å². The van der Waals surface area contributed by atoms with Gasteiger partial charge >= 0.3 is 0 Å². The van der Waals surface area contributed by atoms with Crippen molar-refractivity contribution in [3.05, 3.63) is 58.6 Å². The average molecular weight is 479 g/mol. The lowest BCUT2D eigenvalue weighted by Crippen LogP contribution is -2.29. The summed E-state index contributed by atoms with van der Waals surface area (Å²) in [6.45, 7) is 0. The summed E-state index contributed by atoms with van der Waals surface area (Å²) in [6, 6.07) is 14.8. The second kappa shape index (κ2) is 11.2. The van der Waals surface area contributed by atoms with Gasteiger partial charge in [-0.3, -0.25) is 10.9 Å². The monoisotopic (exact) mass is 478 g/mol. The highest BCUT2D eigenvalue weighted by molar-refractivity contribution is 7.80. The van der Waals surface area contributed by atoms with Crippen LogP contribution >= 0.6 is 47.6 Å². The summed E-state index contributed by atoms with van der Waals surface area (Å²) in [7, 11) is 0. The Hall–Kier alpha value is -2.26. The van der Waals surface area contributed by atoms with Crippen LogP contribution in [-0.4, -0.2) is 21.6 Å². The van der Waals surface area contributed by atoms with Gasteiger partial charge in [-0.1, -0.05) is 47.5 Å². The van der Waals surface area contributed by atoms with Crippen molar-refractivity contribution in [1.29, 1.82) is 0 Å². The fourth-order valence-electron chi connectivity index (χ4n) is 2.79. The number of para-hydroxylation sites is 2. The topological polar surface area (TPSA) is 72.8 Å². The first kappa shape index (κ1) is 22.4. The minimum absolute atomic E-state index is 0.378. The molecule has 0 radical (unpaired) electrons. The van der Waals surface area contributed by atoms with Gasteiger partial charge in [-0.15, -0.1) is 0 Å². The van der Waals surface area contributed by atoms with Gasteiger partial charge in [-0.25, -0.2) is 0 Å². The summed E-state index contributed by atoms with van der Waals surface area (Å²) in [5.41, 5.74) is 9.14. The van der Waals surface area contributed by atoms with Gasteiger partial charge in [0.05, 0.1) is 21.4 Å². The van der Waals surface area contributed by atoms with Crippen LogP contribution < -0.4 is 21.5 Å². The third-order valence-corrected chi connectivity index (χ3v) is 5.26. The molecule has 156 valence electrons. The zero-order chi connectivity index (χ0) is 21.3. The van der Waals surface area contributed by atoms with Gasteiger partial charge in [0, 0.05) is 17.8 Å². The van der Waals surface area contributed by atoms with E-state index in [0.29, 0.717) is 26.7 Å². The molecule has 0 bridgehead atoms. The first-order valence-electron chi connectivity index (χ1n) is 9.25. The zero-order valence-electron chi connectivity index (χ0n) is 15.9. The highest BCUT2D eigenvalue weighted by Gasteiger charge is 2.14. The number of benzene rings is 2. The molecule has 1 fully saturated rings. The van der Waals surface area contributed by atoms with Gasteiger partial charge < -0.3 is 10.6 Å². The van der Waals surface area contributed by atoms with Crippen molar-refractivity contribution in [3.8, 4) is 0 Å². The van der Waals surface area contributed by atoms with E-state index >= 15 is 0 Å². The second-order valence-corrected chi connectivity index (χ2v) is 8.11. The van der Waals surface area contributed by atoms with Crippen LogP contribution in [0.3, 0.4) is 0 Å². The lowest BCUT2D eigenvalue weighted by Gasteiger charge is -2.17. The van der Waals surface area contributed by atoms with Crippen molar-refractivity contribution in [2.75, 3.05) is 10.6 Å². The minimum Gasteiger partial charge on any atom is -0.330 e. The van der Waals surface area contributed by atoms with Gasteiger partial charge in [0.1, 0.15) is 0 Å². The molecule has 1 saturated carbocycles. The van der Waals surface area contributed by atoms with Gasteiger partial charge in [0.2, 0.25) is 0 Å². The molecule has 3 rings (SSSR count). The molecule has 0 amide bonds. The molecule has 0 aliphatic heterocycles. The summed E-state index contributed by atoms with van der Waals surface area (Å²) in [5, 5.41) is 16.8. The smallest absolute Gasteiger partial charge is 0.191 e. The predicted molar refractivity (Wildman–Crippen MR) is 135 cm³/mol. The maximum atomic E-state index is 6.12. The van der Waals surface area contributed by atoms with Gasteiger partial charge in [0.25, 0.3) is 0 Å². The number of thiocarbonyl (C=S) groups is 2. The lowest BCUT2D eigenvalue weighted by molar-refractivity contribution is 0.841. The lowest BCUT2D eigenvalue weighted by atomic mass is 9.97. The molecule has 30 heavy (non-hydrogen) atoms. The number of anilines is 2. The standard InChI is InChI=1S/C20H20Cl2N6S2/c21-15-8-1-3-10-17(15)23-19(29)27-25-13-6-5-7-14(12-13)26-28-20(30)24-18-11-4-2-9-16(18)22/h1-4,8-11H,5-7,12H2,(H2,23,27,29)(H2,24,28,30)/b25-13-,26-14+. The summed E-state index contributed by atoms with van der Waals surface area (Å²) >= 11 is 22.8. The summed E-state index contributed by atoms with van der Waals surface area (Å²) in [4.78, 5) is 0. The maximum absolute atomic E-state index is 6.12. The van der Waals surface area contributed by atoms with Crippen LogP contribution in [0, 0.1) is 0 Å². The van der Waals surface area contributed by atoms with Crippen LogP contribution in [0.2, 0.25) is 10.0 Å². The molecule has 1 aliphatic rings. The van der Waals surface area contributed by atoms with Crippen LogP contribution in [-0.2, 0) is 0 Å². The molecule has 0 saturated heterocycles. The molecule has 2 aromatic rings. The number of nitrogens with one attached hydrogen (secondary N) is 4. The van der Waals surface area contributed by atoms with Gasteiger partial charge in [0.15, 0.2) is 10.2 Å². The van der Waals surface area contributed by atoms with E-state index in [1.54, 1.807) is 12.1 Å². The molecule has 0 aromatic heterocycles. The predicted octanol–water partition coefficient (Wildman–Crippen LogP) is 5.55. The number of halogens is 2. The Balaban J connectivity index is 1.50. The van der Waals surface area contributed by atoms with E-state index in [0.717, 1.165) is 42.1 Å². The Morgan fingerprint density at radius 2 is 1.17 bits per heavy atom. The van der Waals surface area contributed by atoms with Crippen molar-refractivity contribution in [2.45, 2.75) is 25.7 Å². The molecule has 0 atom stereocenters. The number of hydrogen-bond acceptors (Lipinski definition) is 4. The SMILES string of the molecule is S=C(N/N=C1/CCC/C(=N\NC(=S)Nc2ccccc2Cl)C1)Nc1ccccc1Cl. The molecule has 2 aromatic carbocycles. The van der Waals surface area contributed by atoms with E-state index in [4.69, 9.17) is 47.6 Å². The van der Waals surface area contributed by atoms with Crippen molar-refractivity contribution in [1.82, 2.24) is 10.9 Å². The molecule has 1 aliphatic carbocycles. The molecule has 0 unspecified atom stereocenters. The van der Waals surface area contributed by atoms with Gasteiger partial charge in [-0.2, -0.15) is 10.2 Å². The Labute approximate surface area is 196 Å². The average Bonchev–Trinajstić information content (AvgIpc) is 2.74. The molecule has 0 spiro atoms. The van der Waals surface area contributed by atoms with E-state index in [2.05, 4.69) is 31.7 Å². The summed E-state index contributed by atoms with van der Waals surface area (Å²) < 4.78 is 0. The fraction of sp³-hybridized carbons (Fsp3) is 0.200. The van der Waals surface area contributed by atoms with Gasteiger partial charge in [-0.05, 0) is 68.0 Å². The first-order valence-corrected chi connectivity index (χ1v) is 10.8. The van der Waals surface area contributed by atoms with Crippen molar-refractivity contribution in [3.63, 3.8) is 0 Å². The largest absolute Gasteiger partial charge is 0.330 e. The third kappa shape index (κ3) is 6.91. The highest BCUT2D eigenvalue weighted by Crippen LogP contribution is 2.21. The fourth-order valence-corrected chi connectivity index (χ4v) is 3.46. The number of rotatable bonds is 4. The van der Waals surface area contributed by atoms with Crippen LogP contribution in [0.5, 0.6) is 0 Å². The second-order valence-electron chi connectivity index (χ2n) is 6.48. The molecule has 4 N–H and O–H groups in total. The van der Waals surface area contributed by atoms with Crippen LogP contribution in [0.15, 0.2) is 58.7 Å². The molecular weight excluding hydrogens is 459 g/mol. The van der Waals surface area contributed by atoms with Crippen molar-refractivity contribution >= 4 is 80.7 Å². The molecule has 10 heteroatoms. The quantitative estimate of drug-likeness (QED) is 0.340. The first-order chi connectivity index (χ1) is 14.5.